The first-order chi connectivity index (χ1) is 9.82. The quantitative estimate of drug-likeness (QED) is 0.880. The lowest BCUT2D eigenvalue weighted by atomic mass is 10.0. The first kappa shape index (κ1) is 16.0. The highest BCUT2D eigenvalue weighted by Gasteiger charge is 2.29. The smallest absolute Gasteiger partial charge is 0.371 e. The lowest BCUT2D eigenvalue weighted by Crippen LogP contribution is -2.35. The number of carboxylic acids is 1. The fourth-order valence-electron chi connectivity index (χ4n) is 2.41. The molecule has 21 heavy (non-hydrogen) atoms. The van der Waals surface area contributed by atoms with E-state index in [1.807, 2.05) is 0 Å². The largest absolute Gasteiger partial charge is 0.475 e. The van der Waals surface area contributed by atoms with Crippen LogP contribution in [0.5, 0.6) is 0 Å². The normalized spacial score (nSPS) is 19.9. The molecule has 7 nitrogen and oxygen atoms in total. The van der Waals surface area contributed by atoms with E-state index in [4.69, 9.17) is 14.3 Å². The number of furan rings is 1. The molecule has 1 aromatic heterocycles. The number of ether oxygens (including phenoxy) is 1. The number of nitrogens with zero attached hydrogens (tertiary/aromatic N) is 1. The highest BCUT2D eigenvalue weighted by atomic mass is 32.2. The summed E-state index contributed by atoms with van der Waals surface area (Å²) < 4.78 is 36.5. The van der Waals surface area contributed by atoms with Crippen LogP contribution in [0.25, 0.3) is 0 Å². The molecule has 1 fully saturated rings. The van der Waals surface area contributed by atoms with Crippen LogP contribution in [-0.4, -0.2) is 50.6 Å². The molecule has 1 aliphatic rings. The van der Waals surface area contributed by atoms with Gasteiger partial charge in [0.05, 0.1) is 6.61 Å². The molecule has 8 heteroatoms. The number of hydrogen-bond acceptors (Lipinski definition) is 5. The van der Waals surface area contributed by atoms with Gasteiger partial charge in [-0.1, -0.05) is 0 Å². The van der Waals surface area contributed by atoms with E-state index in [-0.39, 0.29) is 22.3 Å². The molecule has 1 saturated heterocycles. The Labute approximate surface area is 123 Å². The third kappa shape index (κ3) is 3.45. The summed E-state index contributed by atoms with van der Waals surface area (Å²) in [6, 6.07) is 1.06. The summed E-state index contributed by atoms with van der Waals surface area (Å²) in [5, 5.41) is 8.87. The van der Waals surface area contributed by atoms with Crippen molar-refractivity contribution in [2.75, 3.05) is 26.8 Å². The van der Waals surface area contributed by atoms with Gasteiger partial charge in [-0.15, -0.1) is 0 Å². The van der Waals surface area contributed by atoms with E-state index in [0.717, 1.165) is 25.5 Å². The van der Waals surface area contributed by atoms with Crippen molar-refractivity contribution < 1.29 is 27.5 Å². The Morgan fingerprint density at radius 2 is 2.24 bits per heavy atom. The van der Waals surface area contributed by atoms with Gasteiger partial charge in [0.1, 0.15) is 10.7 Å². The van der Waals surface area contributed by atoms with Crippen LogP contribution < -0.4 is 0 Å². The predicted molar refractivity (Wildman–Crippen MR) is 73.8 cm³/mol. The molecule has 1 aliphatic heterocycles. The summed E-state index contributed by atoms with van der Waals surface area (Å²) in [5.41, 5.74) is 0. The maximum absolute atomic E-state index is 12.5. The molecule has 0 aromatic carbocycles. The van der Waals surface area contributed by atoms with Gasteiger partial charge in [-0.3, -0.25) is 0 Å². The summed E-state index contributed by atoms with van der Waals surface area (Å²) in [4.78, 5) is 10.8. The Morgan fingerprint density at radius 3 is 2.76 bits per heavy atom. The van der Waals surface area contributed by atoms with Crippen molar-refractivity contribution in [3.05, 3.63) is 17.6 Å². The lowest BCUT2D eigenvalue weighted by Gasteiger charge is -2.26. The SMILES string of the molecule is Cc1oc(C(=O)O)cc1S(=O)(=O)N(C)CC1CCCOC1. The van der Waals surface area contributed by atoms with E-state index < -0.39 is 16.0 Å². The van der Waals surface area contributed by atoms with E-state index in [1.54, 1.807) is 0 Å². The van der Waals surface area contributed by atoms with Crippen molar-refractivity contribution in [2.45, 2.75) is 24.7 Å². The minimum atomic E-state index is -3.76. The second kappa shape index (κ2) is 6.17. The van der Waals surface area contributed by atoms with Gasteiger partial charge in [0.2, 0.25) is 15.8 Å². The molecule has 2 heterocycles. The molecule has 1 N–H and O–H groups in total. The maximum atomic E-state index is 12.5. The van der Waals surface area contributed by atoms with Crippen molar-refractivity contribution in [3.8, 4) is 0 Å². The summed E-state index contributed by atoms with van der Waals surface area (Å²) in [5.74, 6) is -1.42. The summed E-state index contributed by atoms with van der Waals surface area (Å²) >= 11 is 0. The molecule has 0 aliphatic carbocycles. The fourth-order valence-corrected chi connectivity index (χ4v) is 3.81. The number of rotatable bonds is 5. The molecule has 118 valence electrons. The second-order valence-electron chi connectivity index (χ2n) is 5.20. The Hall–Kier alpha value is -1.38. The summed E-state index contributed by atoms with van der Waals surface area (Å²) in [6.07, 6.45) is 1.84. The van der Waals surface area contributed by atoms with Crippen LogP contribution >= 0.6 is 0 Å². The number of carbonyl (C=O) groups is 1. The van der Waals surface area contributed by atoms with Gasteiger partial charge < -0.3 is 14.3 Å². The number of aromatic carboxylic acids is 1. The molecule has 0 saturated carbocycles. The first-order valence-corrected chi connectivity index (χ1v) is 8.14. The third-order valence-corrected chi connectivity index (χ3v) is 5.47. The van der Waals surface area contributed by atoms with Gasteiger partial charge in [0, 0.05) is 26.3 Å². The molecule has 1 aromatic rings. The molecule has 0 spiro atoms. The average molecular weight is 317 g/mol. The predicted octanol–water partition coefficient (Wildman–Crippen LogP) is 1.33. The monoisotopic (exact) mass is 317 g/mol. The van der Waals surface area contributed by atoms with Gasteiger partial charge >= 0.3 is 5.97 Å². The Balaban J connectivity index is 2.18. The van der Waals surface area contributed by atoms with Crippen LogP contribution in [0.1, 0.15) is 29.2 Å². The number of sulfonamides is 1. The minimum absolute atomic E-state index is 0.0825. The molecular weight excluding hydrogens is 298 g/mol. The highest BCUT2D eigenvalue weighted by Crippen LogP contribution is 2.24. The molecule has 0 amide bonds. The van der Waals surface area contributed by atoms with Gasteiger partial charge in [-0.25, -0.2) is 17.5 Å². The maximum Gasteiger partial charge on any atom is 0.371 e. The molecule has 2 rings (SSSR count). The van der Waals surface area contributed by atoms with Crippen LogP contribution in [0, 0.1) is 12.8 Å². The van der Waals surface area contributed by atoms with Gasteiger partial charge in [0.25, 0.3) is 0 Å². The van der Waals surface area contributed by atoms with Gasteiger partial charge in [0.15, 0.2) is 0 Å². The zero-order chi connectivity index (χ0) is 15.6. The summed E-state index contributed by atoms with van der Waals surface area (Å²) in [6.45, 7) is 3.05. The second-order valence-corrected chi connectivity index (χ2v) is 7.22. The topological polar surface area (TPSA) is 97.0 Å². The zero-order valence-electron chi connectivity index (χ0n) is 12.0. The number of aryl methyl sites for hydroxylation is 1. The van der Waals surface area contributed by atoms with Crippen molar-refractivity contribution in [1.29, 1.82) is 0 Å². The zero-order valence-corrected chi connectivity index (χ0v) is 12.9. The van der Waals surface area contributed by atoms with E-state index in [2.05, 4.69) is 0 Å². The van der Waals surface area contributed by atoms with Crippen LogP contribution in [0.2, 0.25) is 0 Å². The van der Waals surface area contributed by atoms with E-state index in [1.165, 1.54) is 18.3 Å². The van der Waals surface area contributed by atoms with E-state index in [9.17, 15) is 13.2 Å². The van der Waals surface area contributed by atoms with Crippen LogP contribution in [0.3, 0.4) is 0 Å². The van der Waals surface area contributed by atoms with Gasteiger partial charge in [-0.05, 0) is 25.7 Å². The number of carboxylic acid groups (broad SMARTS) is 1. The number of hydrogen-bond donors (Lipinski definition) is 1. The minimum Gasteiger partial charge on any atom is -0.475 e. The van der Waals surface area contributed by atoms with E-state index >= 15 is 0 Å². The highest BCUT2D eigenvalue weighted by molar-refractivity contribution is 7.89. The summed E-state index contributed by atoms with van der Waals surface area (Å²) in [7, 11) is -2.28. The fraction of sp³-hybridized carbons (Fsp3) is 0.615. The molecule has 1 unspecified atom stereocenters. The Kier molecular flexibility index (Phi) is 4.70. The molecular formula is C13H19NO6S. The standard InChI is InChI=1S/C13H19NO6S/c1-9-12(6-11(20-9)13(15)16)21(17,18)14(2)7-10-4-3-5-19-8-10/h6,10H,3-5,7-8H2,1-2H3,(H,15,16). The van der Waals surface area contributed by atoms with Gasteiger partial charge in [-0.2, -0.15) is 0 Å². The van der Waals surface area contributed by atoms with Crippen LogP contribution in [0.15, 0.2) is 15.4 Å². The molecule has 0 bridgehead atoms. The van der Waals surface area contributed by atoms with Crippen LogP contribution in [0.4, 0.5) is 0 Å². The van der Waals surface area contributed by atoms with Crippen molar-refractivity contribution >= 4 is 16.0 Å². The Morgan fingerprint density at radius 1 is 1.52 bits per heavy atom. The first-order valence-electron chi connectivity index (χ1n) is 6.70. The molecule has 1 atom stereocenters. The lowest BCUT2D eigenvalue weighted by molar-refractivity contribution is 0.0495. The van der Waals surface area contributed by atoms with Crippen molar-refractivity contribution in [1.82, 2.24) is 4.31 Å². The van der Waals surface area contributed by atoms with Crippen molar-refractivity contribution in [3.63, 3.8) is 0 Å². The third-order valence-electron chi connectivity index (χ3n) is 3.54. The van der Waals surface area contributed by atoms with Crippen LogP contribution in [-0.2, 0) is 14.8 Å². The van der Waals surface area contributed by atoms with E-state index in [0.29, 0.717) is 13.2 Å². The van der Waals surface area contributed by atoms with Crippen molar-refractivity contribution in [2.24, 2.45) is 5.92 Å². The average Bonchev–Trinajstić information content (AvgIpc) is 2.83. The Bertz CT molecular complexity index is 615. The molecule has 0 radical (unpaired) electrons.